The van der Waals surface area contributed by atoms with Crippen molar-refractivity contribution in [2.45, 2.75) is 17.9 Å². The third kappa shape index (κ3) is 6.11. The second-order valence-electron chi connectivity index (χ2n) is 5.73. The first-order valence-electron chi connectivity index (χ1n) is 8.54. The van der Waals surface area contributed by atoms with Crippen molar-refractivity contribution < 1.29 is 4.79 Å². The minimum atomic E-state index is -0.0650. The van der Waals surface area contributed by atoms with Crippen molar-refractivity contribution in [2.24, 2.45) is 4.99 Å². The molecule has 0 aliphatic rings. The molecule has 0 atom stereocenters. The van der Waals surface area contributed by atoms with Gasteiger partial charge >= 0.3 is 0 Å². The largest absolute Gasteiger partial charge is 0.356 e. The maximum atomic E-state index is 11.7. The Labute approximate surface area is 159 Å². The van der Waals surface area contributed by atoms with Gasteiger partial charge in [0.2, 0.25) is 0 Å². The molecule has 3 N–H and O–H groups in total. The number of carbonyl (C=O) groups excluding carboxylic acids is 1. The Hall–Kier alpha value is -2.47. The molecule has 0 bridgehead atoms. The van der Waals surface area contributed by atoms with Crippen LogP contribution in [0.15, 0.2) is 58.4 Å². The van der Waals surface area contributed by atoms with Crippen LogP contribution in [-0.4, -0.2) is 38.8 Å². The SMILES string of the molecule is CN=C(NCCc1cccc(C(=O)NC)c1)NCc1ccc(SC)cc1. The molecule has 2 aromatic rings. The Morgan fingerprint density at radius 1 is 1.08 bits per heavy atom. The highest BCUT2D eigenvalue weighted by atomic mass is 32.2. The summed E-state index contributed by atoms with van der Waals surface area (Å²) in [4.78, 5) is 17.2. The van der Waals surface area contributed by atoms with E-state index in [1.807, 2.05) is 24.3 Å². The van der Waals surface area contributed by atoms with Crippen molar-refractivity contribution >= 4 is 23.6 Å². The predicted molar refractivity (Wildman–Crippen MR) is 110 cm³/mol. The van der Waals surface area contributed by atoms with Gasteiger partial charge in [-0.2, -0.15) is 0 Å². The number of rotatable bonds is 7. The maximum absolute atomic E-state index is 11.7. The van der Waals surface area contributed by atoms with Crippen LogP contribution in [0.2, 0.25) is 0 Å². The number of nitrogens with zero attached hydrogens (tertiary/aromatic N) is 1. The second-order valence-corrected chi connectivity index (χ2v) is 6.61. The van der Waals surface area contributed by atoms with E-state index in [-0.39, 0.29) is 5.91 Å². The van der Waals surface area contributed by atoms with Crippen molar-refractivity contribution in [3.63, 3.8) is 0 Å². The van der Waals surface area contributed by atoms with E-state index in [1.165, 1.54) is 10.5 Å². The third-order valence-corrected chi connectivity index (χ3v) is 4.71. The third-order valence-electron chi connectivity index (χ3n) is 3.96. The van der Waals surface area contributed by atoms with E-state index in [1.54, 1.807) is 25.9 Å². The van der Waals surface area contributed by atoms with E-state index in [2.05, 4.69) is 51.5 Å². The van der Waals surface area contributed by atoms with Gasteiger partial charge in [-0.25, -0.2) is 0 Å². The molecule has 0 saturated heterocycles. The van der Waals surface area contributed by atoms with E-state index in [0.717, 1.165) is 31.0 Å². The normalized spacial score (nSPS) is 11.1. The molecule has 0 spiro atoms. The quantitative estimate of drug-likeness (QED) is 0.398. The lowest BCUT2D eigenvalue weighted by atomic mass is 10.1. The fraction of sp³-hybridized carbons (Fsp3) is 0.300. The zero-order valence-corrected chi connectivity index (χ0v) is 16.3. The van der Waals surface area contributed by atoms with Gasteiger partial charge in [-0.3, -0.25) is 9.79 Å². The van der Waals surface area contributed by atoms with Gasteiger partial charge in [0.25, 0.3) is 5.91 Å². The van der Waals surface area contributed by atoms with Crippen LogP contribution in [0.5, 0.6) is 0 Å². The zero-order chi connectivity index (χ0) is 18.8. The van der Waals surface area contributed by atoms with Crippen LogP contribution in [0.1, 0.15) is 21.5 Å². The number of carbonyl (C=O) groups is 1. The minimum Gasteiger partial charge on any atom is -0.356 e. The molecule has 5 nitrogen and oxygen atoms in total. The monoisotopic (exact) mass is 370 g/mol. The van der Waals surface area contributed by atoms with E-state index < -0.39 is 0 Å². The van der Waals surface area contributed by atoms with E-state index in [4.69, 9.17) is 0 Å². The summed E-state index contributed by atoms with van der Waals surface area (Å²) < 4.78 is 0. The standard InChI is InChI=1S/C20H26N4OS/c1-21-19(25)17-6-4-5-15(13-17)11-12-23-20(22-2)24-14-16-7-9-18(26-3)10-8-16/h4-10,13H,11-12,14H2,1-3H3,(H,21,25)(H2,22,23,24). The molecule has 0 saturated carbocycles. The molecule has 0 fully saturated rings. The Balaban J connectivity index is 1.80. The number of nitrogens with one attached hydrogen (secondary N) is 3. The number of guanidine groups is 1. The van der Waals surface area contributed by atoms with Crippen LogP contribution in [-0.2, 0) is 13.0 Å². The molecule has 2 aromatic carbocycles. The molecule has 0 heterocycles. The molecule has 0 aliphatic carbocycles. The van der Waals surface area contributed by atoms with Crippen LogP contribution in [0, 0.1) is 0 Å². The number of thioether (sulfide) groups is 1. The number of aliphatic imine (C=N–C) groups is 1. The van der Waals surface area contributed by atoms with Gasteiger partial charge < -0.3 is 16.0 Å². The molecular weight excluding hydrogens is 344 g/mol. The number of hydrogen-bond donors (Lipinski definition) is 3. The fourth-order valence-electron chi connectivity index (χ4n) is 2.49. The summed E-state index contributed by atoms with van der Waals surface area (Å²) in [5, 5.41) is 9.27. The average molecular weight is 371 g/mol. The molecule has 26 heavy (non-hydrogen) atoms. The van der Waals surface area contributed by atoms with Gasteiger partial charge in [0, 0.05) is 37.6 Å². The van der Waals surface area contributed by atoms with Gasteiger partial charge in [-0.1, -0.05) is 24.3 Å². The second kappa shape index (κ2) is 10.5. The summed E-state index contributed by atoms with van der Waals surface area (Å²) in [6.07, 6.45) is 2.89. The highest BCUT2D eigenvalue weighted by molar-refractivity contribution is 7.98. The fourth-order valence-corrected chi connectivity index (χ4v) is 2.90. The summed E-state index contributed by atoms with van der Waals surface area (Å²) in [5.41, 5.74) is 3.01. The molecule has 2 rings (SSSR count). The molecule has 1 amide bonds. The van der Waals surface area contributed by atoms with E-state index >= 15 is 0 Å². The highest BCUT2D eigenvalue weighted by Gasteiger charge is 2.04. The maximum Gasteiger partial charge on any atom is 0.251 e. The van der Waals surface area contributed by atoms with Crippen LogP contribution in [0.4, 0.5) is 0 Å². The van der Waals surface area contributed by atoms with Crippen molar-refractivity contribution in [1.29, 1.82) is 0 Å². The number of hydrogen-bond acceptors (Lipinski definition) is 3. The van der Waals surface area contributed by atoms with Crippen LogP contribution in [0.3, 0.4) is 0 Å². The van der Waals surface area contributed by atoms with Crippen molar-refractivity contribution in [1.82, 2.24) is 16.0 Å². The van der Waals surface area contributed by atoms with Gasteiger partial charge in [-0.15, -0.1) is 11.8 Å². The molecule has 0 aliphatic heterocycles. The average Bonchev–Trinajstić information content (AvgIpc) is 2.70. The van der Waals surface area contributed by atoms with Crippen molar-refractivity contribution in [2.75, 3.05) is 26.9 Å². The molecular formula is C20H26N4OS. The molecule has 0 unspecified atom stereocenters. The summed E-state index contributed by atoms with van der Waals surface area (Å²) in [7, 11) is 3.40. The first-order valence-corrected chi connectivity index (χ1v) is 9.77. The summed E-state index contributed by atoms with van der Waals surface area (Å²) in [5.74, 6) is 0.700. The van der Waals surface area contributed by atoms with E-state index in [9.17, 15) is 4.79 Å². The summed E-state index contributed by atoms with van der Waals surface area (Å²) >= 11 is 1.74. The van der Waals surface area contributed by atoms with Gasteiger partial charge in [-0.05, 0) is 48.1 Å². The number of amides is 1. The molecule has 6 heteroatoms. The molecule has 138 valence electrons. The van der Waals surface area contributed by atoms with Crippen LogP contribution in [0.25, 0.3) is 0 Å². The van der Waals surface area contributed by atoms with Gasteiger partial charge in [0.05, 0.1) is 0 Å². The predicted octanol–water partition coefficient (Wildman–Crippen LogP) is 2.68. The van der Waals surface area contributed by atoms with Crippen LogP contribution >= 0.6 is 11.8 Å². The van der Waals surface area contributed by atoms with E-state index in [0.29, 0.717) is 5.56 Å². The Kier molecular flexibility index (Phi) is 8.02. The lowest BCUT2D eigenvalue weighted by Crippen LogP contribution is -2.37. The number of benzene rings is 2. The van der Waals surface area contributed by atoms with Gasteiger partial charge in [0.15, 0.2) is 5.96 Å². The van der Waals surface area contributed by atoms with Crippen molar-refractivity contribution in [3.8, 4) is 0 Å². The van der Waals surface area contributed by atoms with Crippen molar-refractivity contribution in [3.05, 3.63) is 65.2 Å². The lowest BCUT2D eigenvalue weighted by molar-refractivity contribution is 0.0963. The Bertz CT molecular complexity index is 744. The Morgan fingerprint density at radius 3 is 2.50 bits per heavy atom. The first kappa shape index (κ1) is 19.8. The summed E-state index contributed by atoms with van der Waals surface area (Å²) in [6, 6.07) is 16.2. The highest BCUT2D eigenvalue weighted by Crippen LogP contribution is 2.14. The molecule has 0 radical (unpaired) electrons. The van der Waals surface area contributed by atoms with Gasteiger partial charge in [0.1, 0.15) is 0 Å². The topological polar surface area (TPSA) is 65.5 Å². The summed E-state index contributed by atoms with van der Waals surface area (Å²) in [6.45, 7) is 1.46. The smallest absolute Gasteiger partial charge is 0.251 e. The zero-order valence-electron chi connectivity index (χ0n) is 15.5. The molecule has 0 aromatic heterocycles. The first-order chi connectivity index (χ1) is 12.7. The Morgan fingerprint density at radius 2 is 1.85 bits per heavy atom. The van der Waals surface area contributed by atoms with Crippen LogP contribution < -0.4 is 16.0 Å². The lowest BCUT2D eigenvalue weighted by Gasteiger charge is -2.12. The minimum absolute atomic E-state index is 0.0650.